The van der Waals surface area contributed by atoms with E-state index in [1.165, 1.54) is 32.4 Å². The molecule has 1 atom stereocenters. The predicted octanol–water partition coefficient (Wildman–Crippen LogP) is 4.07. The molecule has 0 radical (unpaired) electrons. The first-order chi connectivity index (χ1) is 11.8. The fourth-order valence-electron chi connectivity index (χ4n) is 2.99. The maximum atomic E-state index is 10.2. The van der Waals surface area contributed by atoms with Crippen LogP contribution in [-0.4, -0.2) is 42.8 Å². The number of azide groups is 1. The van der Waals surface area contributed by atoms with Crippen LogP contribution in [-0.2, 0) is 0 Å². The Kier molecular flexibility index (Phi) is 8.46. The lowest BCUT2D eigenvalue weighted by Gasteiger charge is -2.26. The molecule has 0 spiro atoms. The third-order valence-corrected chi connectivity index (χ3v) is 4.44. The summed E-state index contributed by atoms with van der Waals surface area (Å²) in [7, 11) is 0. The van der Waals surface area contributed by atoms with Crippen molar-refractivity contribution in [3.63, 3.8) is 0 Å². The van der Waals surface area contributed by atoms with Crippen molar-refractivity contribution in [1.29, 1.82) is 0 Å². The Morgan fingerprint density at radius 1 is 1.17 bits per heavy atom. The Balaban J connectivity index is 1.66. The fraction of sp³-hybridized carbons (Fsp3) is 0.667. The van der Waals surface area contributed by atoms with Gasteiger partial charge in [-0.15, -0.1) is 0 Å². The van der Waals surface area contributed by atoms with Crippen LogP contribution in [0.1, 0.15) is 50.2 Å². The number of ether oxygens (including phenoxy) is 1. The van der Waals surface area contributed by atoms with Crippen molar-refractivity contribution in [3.8, 4) is 5.75 Å². The van der Waals surface area contributed by atoms with Gasteiger partial charge in [-0.3, -0.25) is 4.90 Å². The normalized spacial score (nSPS) is 16.4. The highest BCUT2D eigenvalue weighted by molar-refractivity contribution is 5.28. The largest absolute Gasteiger partial charge is 0.492 e. The summed E-state index contributed by atoms with van der Waals surface area (Å²) in [5, 5.41) is 13.7. The maximum absolute atomic E-state index is 10.2. The number of piperidine rings is 1. The molecular weight excluding hydrogens is 304 g/mol. The first-order valence-corrected chi connectivity index (χ1v) is 8.93. The average Bonchev–Trinajstić information content (AvgIpc) is 2.63. The zero-order valence-corrected chi connectivity index (χ0v) is 14.3. The van der Waals surface area contributed by atoms with Crippen molar-refractivity contribution >= 4 is 0 Å². The Labute approximate surface area is 144 Å². The molecule has 2 rings (SSSR count). The Hall–Kier alpha value is -1.75. The van der Waals surface area contributed by atoms with Gasteiger partial charge in [0.2, 0.25) is 0 Å². The molecule has 1 N–H and O–H groups in total. The third kappa shape index (κ3) is 6.79. The monoisotopic (exact) mass is 332 g/mol. The minimum atomic E-state index is -0.474. The lowest BCUT2D eigenvalue weighted by Crippen LogP contribution is -2.33. The standard InChI is InChI=1S/C18H28N4O2/c19-21-20-11-3-2-6-18(23)16-7-9-17(10-8-16)24-15-14-22-12-4-1-5-13-22/h7-10,18,23H,1-6,11-15H2. The summed E-state index contributed by atoms with van der Waals surface area (Å²) in [4.78, 5) is 5.18. The second-order valence-electron chi connectivity index (χ2n) is 6.29. The molecule has 1 heterocycles. The van der Waals surface area contributed by atoms with Gasteiger partial charge in [-0.1, -0.05) is 30.1 Å². The van der Waals surface area contributed by atoms with Gasteiger partial charge in [0.05, 0.1) is 6.10 Å². The maximum Gasteiger partial charge on any atom is 0.119 e. The molecule has 0 aromatic heterocycles. The summed E-state index contributed by atoms with van der Waals surface area (Å²) in [6, 6.07) is 7.70. The van der Waals surface area contributed by atoms with Crippen LogP contribution >= 0.6 is 0 Å². The second-order valence-corrected chi connectivity index (χ2v) is 6.29. The molecule has 132 valence electrons. The van der Waals surface area contributed by atoms with Gasteiger partial charge in [0.1, 0.15) is 12.4 Å². The molecule has 1 aliphatic rings. The molecule has 24 heavy (non-hydrogen) atoms. The molecule has 6 nitrogen and oxygen atoms in total. The van der Waals surface area contributed by atoms with Crippen LogP contribution in [0.15, 0.2) is 29.4 Å². The average molecular weight is 332 g/mol. The molecule has 0 aliphatic carbocycles. The van der Waals surface area contributed by atoms with E-state index < -0.39 is 6.10 Å². The summed E-state index contributed by atoms with van der Waals surface area (Å²) in [6.07, 6.45) is 5.80. The van der Waals surface area contributed by atoms with Crippen LogP contribution in [0.25, 0.3) is 10.4 Å². The summed E-state index contributed by atoms with van der Waals surface area (Å²) >= 11 is 0. The highest BCUT2D eigenvalue weighted by atomic mass is 16.5. The molecule has 0 amide bonds. The molecule has 0 saturated carbocycles. The Bertz CT molecular complexity index is 508. The van der Waals surface area contributed by atoms with Gasteiger partial charge in [0.15, 0.2) is 0 Å². The van der Waals surface area contributed by atoms with Crippen LogP contribution in [0.2, 0.25) is 0 Å². The van der Waals surface area contributed by atoms with Crippen LogP contribution in [0.4, 0.5) is 0 Å². The van der Waals surface area contributed by atoms with E-state index in [0.717, 1.165) is 30.7 Å². The minimum absolute atomic E-state index is 0.474. The molecule has 1 aromatic rings. The number of likely N-dealkylation sites (tertiary alicyclic amines) is 1. The number of aliphatic hydroxyl groups is 1. The first-order valence-electron chi connectivity index (χ1n) is 8.93. The van der Waals surface area contributed by atoms with Gasteiger partial charge in [0, 0.05) is 18.0 Å². The van der Waals surface area contributed by atoms with Crippen molar-refractivity contribution in [2.45, 2.75) is 44.6 Å². The molecule has 6 heteroatoms. The van der Waals surface area contributed by atoms with Gasteiger partial charge in [-0.25, -0.2) is 0 Å². The van der Waals surface area contributed by atoms with E-state index in [-0.39, 0.29) is 0 Å². The lowest BCUT2D eigenvalue weighted by atomic mass is 10.0. The number of unbranched alkanes of at least 4 members (excludes halogenated alkanes) is 1. The van der Waals surface area contributed by atoms with E-state index in [9.17, 15) is 5.11 Å². The molecule has 0 bridgehead atoms. The SMILES string of the molecule is [N-]=[N+]=NCCCCC(O)c1ccc(OCCN2CCCCC2)cc1. The van der Waals surface area contributed by atoms with E-state index >= 15 is 0 Å². The first kappa shape index (κ1) is 18.6. The van der Waals surface area contributed by atoms with Gasteiger partial charge in [-0.2, -0.15) is 0 Å². The van der Waals surface area contributed by atoms with Gasteiger partial charge >= 0.3 is 0 Å². The summed E-state index contributed by atoms with van der Waals surface area (Å²) < 4.78 is 5.80. The second kappa shape index (κ2) is 10.9. The van der Waals surface area contributed by atoms with E-state index in [2.05, 4.69) is 14.9 Å². The lowest BCUT2D eigenvalue weighted by molar-refractivity contribution is 0.163. The van der Waals surface area contributed by atoms with Crippen molar-refractivity contribution in [1.82, 2.24) is 4.90 Å². The van der Waals surface area contributed by atoms with Gasteiger partial charge in [0.25, 0.3) is 0 Å². The zero-order valence-electron chi connectivity index (χ0n) is 14.3. The van der Waals surface area contributed by atoms with Crippen molar-refractivity contribution < 1.29 is 9.84 Å². The summed E-state index contributed by atoms with van der Waals surface area (Å²) in [5.74, 6) is 0.853. The van der Waals surface area contributed by atoms with Crippen molar-refractivity contribution in [3.05, 3.63) is 40.3 Å². The fourth-order valence-corrected chi connectivity index (χ4v) is 2.99. The Morgan fingerprint density at radius 2 is 1.92 bits per heavy atom. The van der Waals surface area contributed by atoms with Crippen molar-refractivity contribution in [2.24, 2.45) is 5.11 Å². The topological polar surface area (TPSA) is 81.5 Å². The predicted molar refractivity (Wildman–Crippen MR) is 95.1 cm³/mol. The quantitative estimate of drug-likeness (QED) is 0.303. The van der Waals surface area contributed by atoms with Crippen LogP contribution in [0.3, 0.4) is 0 Å². The van der Waals surface area contributed by atoms with E-state index in [4.69, 9.17) is 10.3 Å². The third-order valence-electron chi connectivity index (χ3n) is 4.44. The van der Waals surface area contributed by atoms with E-state index in [1.54, 1.807) is 0 Å². The van der Waals surface area contributed by atoms with E-state index in [0.29, 0.717) is 19.6 Å². The minimum Gasteiger partial charge on any atom is -0.492 e. The van der Waals surface area contributed by atoms with Crippen LogP contribution in [0.5, 0.6) is 5.75 Å². The summed E-state index contributed by atoms with van der Waals surface area (Å²) in [6.45, 7) is 4.56. The van der Waals surface area contributed by atoms with Gasteiger partial charge < -0.3 is 9.84 Å². The van der Waals surface area contributed by atoms with Crippen LogP contribution in [0, 0.1) is 0 Å². The van der Waals surface area contributed by atoms with Crippen molar-refractivity contribution in [2.75, 3.05) is 32.8 Å². The number of hydrogen-bond acceptors (Lipinski definition) is 4. The van der Waals surface area contributed by atoms with E-state index in [1.807, 2.05) is 24.3 Å². The van der Waals surface area contributed by atoms with Crippen LogP contribution < -0.4 is 4.74 Å². The zero-order chi connectivity index (χ0) is 17.0. The molecule has 1 aliphatic heterocycles. The number of hydrogen-bond donors (Lipinski definition) is 1. The number of rotatable bonds is 10. The number of benzene rings is 1. The summed E-state index contributed by atoms with van der Waals surface area (Å²) in [5.41, 5.74) is 9.11. The molecular formula is C18H28N4O2. The smallest absolute Gasteiger partial charge is 0.119 e. The number of nitrogens with zero attached hydrogens (tertiary/aromatic N) is 4. The molecule has 1 saturated heterocycles. The Morgan fingerprint density at radius 3 is 2.62 bits per heavy atom. The highest BCUT2D eigenvalue weighted by Gasteiger charge is 2.10. The molecule has 1 aromatic carbocycles. The van der Waals surface area contributed by atoms with Gasteiger partial charge in [-0.05, 0) is 62.0 Å². The molecule has 1 fully saturated rings. The molecule has 1 unspecified atom stereocenters. The number of aliphatic hydroxyl groups excluding tert-OH is 1. The highest BCUT2D eigenvalue weighted by Crippen LogP contribution is 2.22.